The van der Waals surface area contributed by atoms with E-state index in [1.54, 1.807) is 6.07 Å². The van der Waals surface area contributed by atoms with Crippen molar-refractivity contribution in [2.45, 2.75) is 39.8 Å². The van der Waals surface area contributed by atoms with Gasteiger partial charge in [-0.2, -0.15) is 5.10 Å². The van der Waals surface area contributed by atoms with Gasteiger partial charge in [0.05, 0.1) is 18.2 Å². The molecule has 1 aromatic carbocycles. The van der Waals surface area contributed by atoms with Gasteiger partial charge >= 0.3 is 0 Å². The highest BCUT2D eigenvalue weighted by Gasteiger charge is 2.36. The van der Waals surface area contributed by atoms with Crippen LogP contribution in [-0.2, 0) is 13.0 Å². The van der Waals surface area contributed by atoms with Gasteiger partial charge in [0, 0.05) is 23.9 Å². The van der Waals surface area contributed by atoms with Crippen molar-refractivity contribution in [2.24, 2.45) is 5.92 Å². The number of amides is 1. The molecular weight excluding hydrogens is 366 g/mol. The Morgan fingerprint density at radius 1 is 1.17 bits per heavy atom. The van der Waals surface area contributed by atoms with Crippen LogP contribution in [0.2, 0.25) is 0 Å². The number of aryl methyl sites for hydroxylation is 1. The number of nitrogens with one attached hydrogen (secondary N) is 1. The van der Waals surface area contributed by atoms with Crippen LogP contribution in [0.25, 0.3) is 11.4 Å². The van der Waals surface area contributed by atoms with Crippen LogP contribution in [0.1, 0.15) is 48.7 Å². The van der Waals surface area contributed by atoms with Crippen LogP contribution in [0, 0.1) is 5.92 Å². The molecule has 1 atom stereocenters. The Hall–Kier alpha value is -3.22. The molecule has 7 nitrogen and oxygen atoms in total. The van der Waals surface area contributed by atoms with E-state index in [0.717, 1.165) is 11.4 Å². The average Bonchev–Trinajstić information content (AvgIpc) is 3.17. The van der Waals surface area contributed by atoms with Gasteiger partial charge in [-0.15, -0.1) is 0 Å². The molecule has 1 amide bonds. The molecule has 150 valence electrons. The van der Waals surface area contributed by atoms with Gasteiger partial charge in [0.1, 0.15) is 0 Å². The van der Waals surface area contributed by atoms with Crippen LogP contribution in [0.3, 0.4) is 0 Å². The van der Waals surface area contributed by atoms with Crippen LogP contribution in [0.5, 0.6) is 0 Å². The number of aromatic amines is 1. The maximum absolute atomic E-state index is 13.4. The van der Waals surface area contributed by atoms with Gasteiger partial charge in [-0.05, 0) is 18.4 Å². The second kappa shape index (κ2) is 7.66. The van der Waals surface area contributed by atoms with Crippen LogP contribution in [-0.4, -0.2) is 37.1 Å². The number of H-pyrrole nitrogens is 1. The predicted molar refractivity (Wildman–Crippen MR) is 111 cm³/mol. The van der Waals surface area contributed by atoms with E-state index in [-0.39, 0.29) is 23.4 Å². The summed E-state index contributed by atoms with van der Waals surface area (Å²) in [6, 6.07) is 12.7. The SMILES string of the molecule is CCc1[nH]c(=O)ccc1C(=O)N1CCn2nc(-c3ccccc3)nc2[C@@H]1C(C)C. The third-order valence-electron chi connectivity index (χ3n) is 5.36. The van der Waals surface area contributed by atoms with Crippen LogP contribution in [0.15, 0.2) is 47.3 Å². The second-order valence-electron chi connectivity index (χ2n) is 7.64. The van der Waals surface area contributed by atoms with E-state index < -0.39 is 0 Å². The smallest absolute Gasteiger partial charge is 0.256 e. The Morgan fingerprint density at radius 2 is 1.93 bits per heavy atom. The normalized spacial score (nSPS) is 16.1. The predicted octanol–water partition coefficient (Wildman–Crippen LogP) is 3.05. The third-order valence-corrected chi connectivity index (χ3v) is 5.36. The van der Waals surface area contributed by atoms with Gasteiger partial charge in [0.2, 0.25) is 5.56 Å². The van der Waals surface area contributed by atoms with Gasteiger partial charge in [-0.1, -0.05) is 51.1 Å². The van der Waals surface area contributed by atoms with Crippen LogP contribution < -0.4 is 5.56 Å². The highest BCUT2D eigenvalue weighted by Crippen LogP contribution is 2.33. The Balaban J connectivity index is 1.73. The molecule has 0 spiro atoms. The first-order valence-electron chi connectivity index (χ1n) is 10.0. The fourth-order valence-electron chi connectivity index (χ4n) is 3.97. The number of pyridine rings is 1. The summed E-state index contributed by atoms with van der Waals surface area (Å²) >= 11 is 0. The lowest BCUT2D eigenvalue weighted by atomic mass is 9.98. The molecule has 0 saturated carbocycles. The van der Waals surface area contributed by atoms with Gasteiger partial charge < -0.3 is 9.88 Å². The minimum Gasteiger partial charge on any atom is -0.326 e. The van der Waals surface area contributed by atoms with E-state index in [2.05, 4.69) is 23.9 Å². The standard InChI is InChI=1S/C22H25N5O2/c1-4-17-16(10-11-18(28)23-17)22(29)26-12-13-27-21(19(26)14(2)3)24-20(25-27)15-8-6-5-7-9-15/h5-11,14,19H,4,12-13H2,1-3H3,(H,23,28)/t19-/m0/s1. The van der Waals surface area contributed by atoms with E-state index in [1.165, 1.54) is 6.07 Å². The molecule has 2 aromatic heterocycles. The quantitative estimate of drug-likeness (QED) is 0.741. The van der Waals surface area contributed by atoms with Crippen LogP contribution in [0.4, 0.5) is 0 Å². The number of fused-ring (bicyclic) bond motifs is 1. The lowest BCUT2D eigenvalue weighted by Gasteiger charge is -2.37. The highest BCUT2D eigenvalue weighted by molar-refractivity contribution is 5.95. The first-order valence-corrected chi connectivity index (χ1v) is 10.0. The number of carbonyl (C=O) groups excluding carboxylic acids is 1. The Kier molecular flexibility index (Phi) is 5.05. The monoisotopic (exact) mass is 391 g/mol. The number of carbonyl (C=O) groups is 1. The first kappa shape index (κ1) is 19.1. The molecule has 1 N–H and O–H groups in total. The molecule has 0 saturated heterocycles. The number of aromatic nitrogens is 4. The van der Waals surface area contributed by atoms with E-state index in [1.807, 2.05) is 46.8 Å². The number of benzene rings is 1. The zero-order valence-electron chi connectivity index (χ0n) is 16.9. The van der Waals surface area contributed by atoms with E-state index >= 15 is 0 Å². The summed E-state index contributed by atoms with van der Waals surface area (Å²) < 4.78 is 1.92. The zero-order valence-corrected chi connectivity index (χ0v) is 16.9. The summed E-state index contributed by atoms with van der Waals surface area (Å²) in [5.74, 6) is 1.57. The minimum atomic E-state index is -0.190. The summed E-state index contributed by atoms with van der Waals surface area (Å²) in [5.41, 5.74) is 1.99. The Bertz CT molecular complexity index is 1080. The number of hydrogen-bond acceptors (Lipinski definition) is 4. The van der Waals surface area contributed by atoms with Gasteiger partial charge in [-0.3, -0.25) is 9.59 Å². The van der Waals surface area contributed by atoms with Crippen molar-refractivity contribution < 1.29 is 4.79 Å². The van der Waals surface area contributed by atoms with Crippen molar-refractivity contribution in [1.29, 1.82) is 0 Å². The van der Waals surface area contributed by atoms with Gasteiger partial charge in [0.25, 0.3) is 5.91 Å². The summed E-state index contributed by atoms with van der Waals surface area (Å²) in [6.07, 6.45) is 0.589. The second-order valence-corrected chi connectivity index (χ2v) is 7.64. The minimum absolute atomic E-state index is 0.0766. The molecule has 0 unspecified atom stereocenters. The lowest BCUT2D eigenvalue weighted by molar-refractivity contribution is 0.0535. The lowest BCUT2D eigenvalue weighted by Crippen LogP contribution is -2.45. The summed E-state index contributed by atoms with van der Waals surface area (Å²) in [5, 5.41) is 4.69. The largest absolute Gasteiger partial charge is 0.326 e. The average molecular weight is 391 g/mol. The van der Waals surface area contributed by atoms with Crippen molar-refractivity contribution in [3.63, 3.8) is 0 Å². The van der Waals surface area contributed by atoms with E-state index in [9.17, 15) is 9.59 Å². The summed E-state index contributed by atoms with van der Waals surface area (Å²) in [7, 11) is 0. The molecule has 0 fully saturated rings. The maximum Gasteiger partial charge on any atom is 0.256 e. The summed E-state index contributed by atoms with van der Waals surface area (Å²) in [4.78, 5) is 34.6. The van der Waals surface area contributed by atoms with Gasteiger partial charge in [-0.25, -0.2) is 9.67 Å². The topological polar surface area (TPSA) is 83.9 Å². The molecule has 7 heteroatoms. The molecule has 3 heterocycles. The molecule has 3 aromatic rings. The van der Waals surface area contributed by atoms with Crippen molar-refractivity contribution in [1.82, 2.24) is 24.6 Å². The number of rotatable bonds is 4. The van der Waals surface area contributed by atoms with Crippen molar-refractivity contribution >= 4 is 5.91 Å². The molecule has 0 bridgehead atoms. The summed E-state index contributed by atoms with van der Waals surface area (Å²) in [6.45, 7) is 7.25. The molecule has 29 heavy (non-hydrogen) atoms. The molecular formula is C22H25N5O2. The van der Waals surface area contributed by atoms with Crippen molar-refractivity contribution in [3.05, 3.63) is 69.9 Å². The zero-order chi connectivity index (χ0) is 20.5. The fraction of sp³-hybridized carbons (Fsp3) is 0.364. The van der Waals surface area contributed by atoms with Gasteiger partial charge in [0.15, 0.2) is 11.6 Å². The first-order chi connectivity index (χ1) is 14.0. The highest BCUT2D eigenvalue weighted by atomic mass is 16.2. The Morgan fingerprint density at radius 3 is 2.62 bits per heavy atom. The number of hydrogen-bond donors (Lipinski definition) is 1. The Labute approximate surface area is 169 Å². The van der Waals surface area contributed by atoms with Crippen molar-refractivity contribution in [3.8, 4) is 11.4 Å². The number of nitrogens with zero attached hydrogens (tertiary/aromatic N) is 4. The third kappa shape index (κ3) is 3.48. The van der Waals surface area contributed by atoms with Crippen LogP contribution >= 0.6 is 0 Å². The molecule has 1 aliphatic rings. The molecule has 1 aliphatic heterocycles. The molecule has 0 aliphatic carbocycles. The fourth-order valence-corrected chi connectivity index (χ4v) is 3.97. The van der Waals surface area contributed by atoms with E-state index in [4.69, 9.17) is 4.98 Å². The molecule has 4 rings (SSSR count). The van der Waals surface area contributed by atoms with Crippen molar-refractivity contribution in [2.75, 3.05) is 6.54 Å². The maximum atomic E-state index is 13.4. The van der Waals surface area contributed by atoms with E-state index in [0.29, 0.717) is 36.6 Å². The molecule has 0 radical (unpaired) electrons.